The third kappa shape index (κ3) is 4.40. The number of aliphatic carboxylic acids is 1. The van der Waals surface area contributed by atoms with E-state index in [2.05, 4.69) is 0 Å². The van der Waals surface area contributed by atoms with E-state index in [4.69, 9.17) is 5.11 Å². The van der Waals surface area contributed by atoms with Crippen molar-refractivity contribution in [2.75, 3.05) is 13.6 Å². The fourth-order valence-corrected chi connectivity index (χ4v) is 3.64. The number of carbonyl (C=O) groups is 1. The van der Waals surface area contributed by atoms with E-state index in [1.807, 2.05) is 30.3 Å². The van der Waals surface area contributed by atoms with Crippen molar-refractivity contribution in [3.63, 3.8) is 0 Å². The molecule has 0 aliphatic rings. The molecule has 0 amide bonds. The van der Waals surface area contributed by atoms with E-state index >= 15 is 0 Å². The van der Waals surface area contributed by atoms with Crippen molar-refractivity contribution in [2.45, 2.75) is 17.2 Å². The van der Waals surface area contributed by atoms with Gasteiger partial charge in [-0.3, -0.25) is 4.79 Å². The summed E-state index contributed by atoms with van der Waals surface area (Å²) in [5, 5.41) is 9.11. The van der Waals surface area contributed by atoms with Gasteiger partial charge < -0.3 is 5.11 Å². The lowest BCUT2D eigenvalue weighted by Crippen LogP contribution is -2.32. The molecule has 122 valence electrons. The molecule has 0 fully saturated rings. The number of likely N-dealkylation sites (N-methyl/N-ethyl adjacent to an activating group) is 1. The van der Waals surface area contributed by atoms with Gasteiger partial charge in [-0.2, -0.15) is 0 Å². The highest BCUT2D eigenvalue weighted by molar-refractivity contribution is 7.89. The van der Waals surface area contributed by atoms with Crippen LogP contribution in [0.4, 0.5) is 0 Å². The normalized spacial score (nSPS) is 13.0. The summed E-state index contributed by atoms with van der Waals surface area (Å²) in [5.74, 6) is -1.36. The molecule has 5 nitrogen and oxygen atoms in total. The summed E-state index contributed by atoms with van der Waals surface area (Å²) >= 11 is 0. The molecule has 0 spiro atoms. The number of benzene rings is 2. The molecule has 0 saturated carbocycles. The molecule has 6 heteroatoms. The van der Waals surface area contributed by atoms with Crippen molar-refractivity contribution in [1.29, 1.82) is 0 Å². The Morgan fingerprint density at radius 1 is 1.04 bits per heavy atom. The van der Waals surface area contributed by atoms with Gasteiger partial charge in [-0.15, -0.1) is 0 Å². The van der Waals surface area contributed by atoms with Crippen molar-refractivity contribution < 1.29 is 18.3 Å². The van der Waals surface area contributed by atoms with Gasteiger partial charge in [0.25, 0.3) is 0 Å². The summed E-state index contributed by atoms with van der Waals surface area (Å²) in [5.41, 5.74) is 0.810. The van der Waals surface area contributed by atoms with E-state index in [9.17, 15) is 13.2 Å². The number of sulfonamides is 1. The van der Waals surface area contributed by atoms with Gasteiger partial charge >= 0.3 is 5.97 Å². The predicted molar refractivity (Wildman–Crippen MR) is 87.7 cm³/mol. The van der Waals surface area contributed by atoms with Gasteiger partial charge in [-0.25, -0.2) is 12.7 Å². The van der Waals surface area contributed by atoms with Crippen molar-refractivity contribution in [1.82, 2.24) is 4.31 Å². The monoisotopic (exact) mass is 333 g/mol. The number of hydrogen-bond acceptors (Lipinski definition) is 3. The zero-order valence-electron chi connectivity index (χ0n) is 12.8. The van der Waals surface area contributed by atoms with Crippen molar-refractivity contribution in [3.8, 4) is 0 Å². The smallest absolute Gasteiger partial charge is 0.304 e. The third-order valence-corrected chi connectivity index (χ3v) is 5.46. The Morgan fingerprint density at radius 2 is 1.57 bits per heavy atom. The number of carboxylic acids is 1. The van der Waals surface area contributed by atoms with E-state index in [1.165, 1.54) is 23.5 Å². The summed E-state index contributed by atoms with van der Waals surface area (Å²) in [7, 11) is -2.17. The molecule has 23 heavy (non-hydrogen) atoms. The number of hydrogen-bond donors (Lipinski definition) is 1. The van der Waals surface area contributed by atoms with Gasteiger partial charge in [-0.05, 0) is 17.7 Å². The highest BCUT2D eigenvalue weighted by Crippen LogP contribution is 2.23. The molecule has 0 bridgehead atoms. The fraction of sp³-hybridized carbons (Fsp3) is 0.235. The zero-order valence-corrected chi connectivity index (χ0v) is 13.6. The maximum atomic E-state index is 12.6. The van der Waals surface area contributed by atoms with Crippen LogP contribution in [0.3, 0.4) is 0 Å². The first-order valence-electron chi connectivity index (χ1n) is 7.19. The van der Waals surface area contributed by atoms with Gasteiger partial charge in [0.05, 0.1) is 11.3 Å². The van der Waals surface area contributed by atoms with E-state index in [1.54, 1.807) is 18.2 Å². The first kappa shape index (κ1) is 17.2. The van der Waals surface area contributed by atoms with Gasteiger partial charge in [0, 0.05) is 19.5 Å². The molecular weight excluding hydrogens is 314 g/mol. The lowest BCUT2D eigenvalue weighted by atomic mass is 9.96. The maximum absolute atomic E-state index is 12.6. The first-order valence-corrected chi connectivity index (χ1v) is 8.63. The topological polar surface area (TPSA) is 74.7 Å². The first-order chi connectivity index (χ1) is 10.9. The van der Waals surface area contributed by atoms with Crippen LogP contribution in [-0.2, 0) is 14.8 Å². The lowest BCUT2D eigenvalue weighted by Gasteiger charge is -2.23. The minimum Gasteiger partial charge on any atom is -0.481 e. The van der Waals surface area contributed by atoms with Crippen molar-refractivity contribution in [3.05, 3.63) is 66.2 Å². The Hall–Kier alpha value is -2.18. The van der Waals surface area contributed by atoms with Crippen LogP contribution in [0.25, 0.3) is 0 Å². The molecule has 0 unspecified atom stereocenters. The summed E-state index contributed by atoms with van der Waals surface area (Å²) in [6.07, 6.45) is -0.126. The standard InChI is InChI=1S/C17H19NO4S/c1-18(23(21,22)16-10-6-3-7-11-16)13-15(12-17(19)20)14-8-4-2-5-9-14/h2-11,15H,12-13H2,1H3,(H,19,20)/t15-/m1/s1. The van der Waals surface area contributed by atoms with Crippen LogP contribution < -0.4 is 0 Å². The lowest BCUT2D eigenvalue weighted by molar-refractivity contribution is -0.137. The number of nitrogens with zero attached hydrogens (tertiary/aromatic N) is 1. The molecule has 1 atom stereocenters. The summed E-state index contributed by atoms with van der Waals surface area (Å²) < 4.78 is 26.3. The molecular formula is C17H19NO4S. The summed E-state index contributed by atoms with van der Waals surface area (Å²) in [6, 6.07) is 17.2. The molecule has 0 saturated heterocycles. The molecule has 0 aromatic heterocycles. The summed E-state index contributed by atoms with van der Waals surface area (Å²) in [4.78, 5) is 11.3. The third-order valence-electron chi connectivity index (χ3n) is 3.62. The number of carboxylic acid groups (broad SMARTS) is 1. The molecule has 2 aromatic carbocycles. The van der Waals surface area contributed by atoms with Crippen LogP contribution in [0.1, 0.15) is 17.9 Å². The van der Waals surface area contributed by atoms with Crippen LogP contribution in [0.15, 0.2) is 65.6 Å². The largest absolute Gasteiger partial charge is 0.481 e. The minimum absolute atomic E-state index is 0.105. The number of rotatable bonds is 7. The Kier molecular flexibility index (Phi) is 5.52. The molecule has 0 aliphatic heterocycles. The SMILES string of the molecule is CN(C[C@@H](CC(=O)O)c1ccccc1)S(=O)(=O)c1ccccc1. The molecule has 1 N–H and O–H groups in total. The van der Waals surface area contributed by atoms with E-state index in [-0.39, 0.29) is 17.9 Å². The fourth-order valence-electron chi connectivity index (χ4n) is 2.40. The van der Waals surface area contributed by atoms with E-state index < -0.39 is 21.9 Å². The molecule has 2 rings (SSSR count). The second kappa shape index (κ2) is 7.39. The average molecular weight is 333 g/mol. The second-order valence-electron chi connectivity index (χ2n) is 5.30. The van der Waals surface area contributed by atoms with Crippen LogP contribution in [-0.4, -0.2) is 37.4 Å². The minimum atomic E-state index is -3.64. The zero-order chi connectivity index (χ0) is 16.9. The van der Waals surface area contributed by atoms with Gasteiger partial charge in [0.1, 0.15) is 0 Å². The second-order valence-corrected chi connectivity index (χ2v) is 7.35. The highest BCUT2D eigenvalue weighted by atomic mass is 32.2. The van der Waals surface area contributed by atoms with Crippen LogP contribution >= 0.6 is 0 Å². The predicted octanol–water partition coefficient (Wildman–Crippen LogP) is 2.57. The maximum Gasteiger partial charge on any atom is 0.304 e. The van der Waals surface area contributed by atoms with Crippen molar-refractivity contribution in [2.24, 2.45) is 0 Å². The molecule has 0 radical (unpaired) electrons. The van der Waals surface area contributed by atoms with Crippen LogP contribution in [0.2, 0.25) is 0 Å². The Labute approximate surface area is 136 Å². The average Bonchev–Trinajstić information content (AvgIpc) is 2.55. The molecule has 2 aromatic rings. The Morgan fingerprint density at radius 3 is 2.09 bits per heavy atom. The van der Waals surface area contributed by atoms with Crippen molar-refractivity contribution >= 4 is 16.0 Å². The quantitative estimate of drug-likeness (QED) is 0.845. The Balaban J connectivity index is 2.24. The van der Waals surface area contributed by atoms with Gasteiger partial charge in [0.15, 0.2) is 0 Å². The van der Waals surface area contributed by atoms with E-state index in [0.717, 1.165) is 5.56 Å². The van der Waals surface area contributed by atoms with Crippen LogP contribution in [0, 0.1) is 0 Å². The van der Waals surface area contributed by atoms with E-state index in [0.29, 0.717) is 0 Å². The van der Waals surface area contributed by atoms with Gasteiger partial charge in [0.2, 0.25) is 10.0 Å². The van der Waals surface area contributed by atoms with Gasteiger partial charge in [-0.1, -0.05) is 48.5 Å². The Bertz CT molecular complexity index is 745. The van der Waals surface area contributed by atoms with Crippen LogP contribution in [0.5, 0.6) is 0 Å². The molecule has 0 heterocycles. The molecule has 0 aliphatic carbocycles. The summed E-state index contributed by atoms with van der Waals surface area (Å²) in [6.45, 7) is 0.105. The highest BCUT2D eigenvalue weighted by Gasteiger charge is 2.25.